The maximum atomic E-state index is 12.3. The molecular weight excluding hydrogens is 362 g/mol. The SMILES string of the molecule is O=C(O)CCC(NC(=O)CCc1nc(-c2ncccn2)no1)c1ccccc1. The summed E-state index contributed by atoms with van der Waals surface area (Å²) in [5, 5.41) is 15.6. The minimum absolute atomic E-state index is 0.0378. The number of aliphatic carboxylic acids is 1. The number of carbonyl (C=O) groups excluding carboxylic acids is 1. The first kappa shape index (κ1) is 19.2. The second-order valence-electron chi connectivity index (χ2n) is 6.05. The van der Waals surface area contributed by atoms with Crippen molar-refractivity contribution >= 4 is 11.9 Å². The summed E-state index contributed by atoms with van der Waals surface area (Å²) in [6.45, 7) is 0. The van der Waals surface area contributed by atoms with Gasteiger partial charge < -0.3 is 14.9 Å². The van der Waals surface area contributed by atoms with E-state index in [2.05, 4.69) is 25.4 Å². The molecule has 0 radical (unpaired) electrons. The van der Waals surface area contributed by atoms with Crippen molar-refractivity contribution in [3.63, 3.8) is 0 Å². The number of hydrogen-bond donors (Lipinski definition) is 2. The fourth-order valence-corrected chi connectivity index (χ4v) is 2.62. The number of amides is 1. The minimum Gasteiger partial charge on any atom is -0.481 e. The number of carboxylic acid groups (broad SMARTS) is 1. The molecule has 144 valence electrons. The van der Waals surface area contributed by atoms with Gasteiger partial charge in [0, 0.05) is 31.7 Å². The number of carboxylic acids is 1. The van der Waals surface area contributed by atoms with Crippen molar-refractivity contribution in [3.8, 4) is 11.6 Å². The lowest BCUT2D eigenvalue weighted by atomic mass is 10.0. The molecule has 2 N–H and O–H groups in total. The highest BCUT2D eigenvalue weighted by Gasteiger charge is 2.17. The topological polar surface area (TPSA) is 131 Å². The van der Waals surface area contributed by atoms with Crippen molar-refractivity contribution in [2.45, 2.75) is 31.7 Å². The van der Waals surface area contributed by atoms with Crippen LogP contribution in [-0.2, 0) is 16.0 Å². The standard InChI is InChI=1S/C19H19N5O4/c25-15(22-14(7-10-17(26)27)13-5-2-1-3-6-13)8-9-16-23-19(24-28-16)18-20-11-4-12-21-18/h1-6,11-12,14H,7-10H2,(H,22,25)(H,26,27). The molecule has 0 fully saturated rings. The van der Waals surface area contributed by atoms with Gasteiger partial charge in [-0.2, -0.15) is 4.98 Å². The first-order valence-corrected chi connectivity index (χ1v) is 8.78. The van der Waals surface area contributed by atoms with E-state index in [1.165, 1.54) is 0 Å². The third kappa shape index (κ3) is 5.44. The smallest absolute Gasteiger partial charge is 0.303 e. The highest BCUT2D eigenvalue weighted by Crippen LogP contribution is 2.19. The molecule has 2 heterocycles. The molecule has 1 aromatic carbocycles. The van der Waals surface area contributed by atoms with E-state index in [0.29, 0.717) is 18.1 Å². The summed E-state index contributed by atoms with van der Waals surface area (Å²) in [6, 6.07) is 10.6. The van der Waals surface area contributed by atoms with E-state index >= 15 is 0 Å². The van der Waals surface area contributed by atoms with Crippen LogP contribution >= 0.6 is 0 Å². The maximum absolute atomic E-state index is 12.3. The summed E-state index contributed by atoms with van der Waals surface area (Å²) in [4.78, 5) is 35.5. The first-order valence-electron chi connectivity index (χ1n) is 8.78. The number of benzene rings is 1. The van der Waals surface area contributed by atoms with Crippen molar-refractivity contribution in [2.75, 3.05) is 0 Å². The zero-order valence-electron chi connectivity index (χ0n) is 15.0. The van der Waals surface area contributed by atoms with Crippen LogP contribution in [-0.4, -0.2) is 37.1 Å². The molecule has 1 atom stereocenters. The van der Waals surface area contributed by atoms with Crippen LogP contribution in [0.1, 0.15) is 36.8 Å². The van der Waals surface area contributed by atoms with E-state index in [0.717, 1.165) is 5.56 Å². The van der Waals surface area contributed by atoms with Crippen LogP contribution in [0.4, 0.5) is 0 Å². The quantitative estimate of drug-likeness (QED) is 0.576. The van der Waals surface area contributed by atoms with Gasteiger partial charge in [-0.05, 0) is 18.1 Å². The Morgan fingerprint density at radius 1 is 1.04 bits per heavy atom. The zero-order chi connectivity index (χ0) is 19.8. The molecule has 1 amide bonds. The van der Waals surface area contributed by atoms with Gasteiger partial charge in [-0.1, -0.05) is 35.5 Å². The third-order valence-electron chi connectivity index (χ3n) is 3.98. The van der Waals surface area contributed by atoms with Gasteiger partial charge in [-0.25, -0.2) is 9.97 Å². The van der Waals surface area contributed by atoms with Crippen LogP contribution in [0.2, 0.25) is 0 Å². The molecule has 0 aliphatic rings. The summed E-state index contributed by atoms with van der Waals surface area (Å²) in [6.07, 6.45) is 3.81. The molecule has 0 spiro atoms. The van der Waals surface area contributed by atoms with E-state index in [-0.39, 0.29) is 37.0 Å². The normalized spacial score (nSPS) is 11.7. The number of aromatic nitrogens is 4. The Morgan fingerprint density at radius 3 is 2.50 bits per heavy atom. The second-order valence-corrected chi connectivity index (χ2v) is 6.05. The van der Waals surface area contributed by atoms with E-state index < -0.39 is 5.97 Å². The molecule has 0 bridgehead atoms. The van der Waals surface area contributed by atoms with Crippen LogP contribution in [0.5, 0.6) is 0 Å². The Hall–Kier alpha value is -3.62. The van der Waals surface area contributed by atoms with E-state index in [4.69, 9.17) is 9.63 Å². The molecule has 9 nitrogen and oxygen atoms in total. The highest BCUT2D eigenvalue weighted by molar-refractivity contribution is 5.76. The lowest BCUT2D eigenvalue weighted by Crippen LogP contribution is -2.29. The van der Waals surface area contributed by atoms with Crippen LogP contribution < -0.4 is 5.32 Å². The van der Waals surface area contributed by atoms with Crippen molar-refractivity contribution in [1.82, 2.24) is 25.4 Å². The van der Waals surface area contributed by atoms with Gasteiger partial charge in [0.2, 0.25) is 23.4 Å². The van der Waals surface area contributed by atoms with Gasteiger partial charge in [0.25, 0.3) is 0 Å². The lowest BCUT2D eigenvalue weighted by molar-refractivity contribution is -0.137. The third-order valence-corrected chi connectivity index (χ3v) is 3.98. The predicted octanol–water partition coefficient (Wildman–Crippen LogP) is 2.18. The second kappa shape index (κ2) is 9.36. The van der Waals surface area contributed by atoms with Crippen LogP contribution in [0, 0.1) is 0 Å². The molecule has 0 aliphatic heterocycles. The number of rotatable bonds is 9. The minimum atomic E-state index is -0.906. The molecular formula is C19H19N5O4. The van der Waals surface area contributed by atoms with E-state index in [1.807, 2.05) is 30.3 Å². The van der Waals surface area contributed by atoms with Gasteiger partial charge in [-0.3, -0.25) is 9.59 Å². The Kier molecular flexibility index (Phi) is 6.40. The Labute approximate surface area is 160 Å². The van der Waals surface area contributed by atoms with Crippen molar-refractivity contribution in [2.24, 2.45) is 0 Å². The summed E-state index contributed by atoms with van der Waals surface area (Å²) in [5.41, 5.74) is 0.860. The van der Waals surface area contributed by atoms with Crippen LogP contribution in [0.25, 0.3) is 11.6 Å². The first-order chi connectivity index (χ1) is 13.6. The number of hydrogen-bond acceptors (Lipinski definition) is 7. The summed E-state index contributed by atoms with van der Waals surface area (Å²) < 4.78 is 5.14. The van der Waals surface area contributed by atoms with Crippen LogP contribution in [0.15, 0.2) is 53.3 Å². The molecule has 1 unspecified atom stereocenters. The molecule has 0 saturated carbocycles. The van der Waals surface area contributed by atoms with Gasteiger partial charge >= 0.3 is 5.97 Å². The maximum Gasteiger partial charge on any atom is 0.303 e. The fourth-order valence-electron chi connectivity index (χ4n) is 2.62. The average Bonchev–Trinajstić information content (AvgIpc) is 3.20. The van der Waals surface area contributed by atoms with Gasteiger partial charge in [0.05, 0.1) is 6.04 Å². The van der Waals surface area contributed by atoms with Crippen molar-refractivity contribution < 1.29 is 19.2 Å². The molecule has 2 aromatic heterocycles. The Morgan fingerprint density at radius 2 is 1.79 bits per heavy atom. The number of nitrogens with zero attached hydrogens (tertiary/aromatic N) is 4. The van der Waals surface area contributed by atoms with E-state index in [1.54, 1.807) is 18.5 Å². The fraction of sp³-hybridized carbons (Fsp3) is 0.263. The van der Waals surface area contributed by atoms with Crippen LogP contribution in [0.3, 0.4) is 0 Å². The van der Waals surface area contributed by atoms with Crippen molar-refractivity contribution in [1.29, 1.82) is 0 Å². The average molecular weight is 381 g/mol. The Balaban J connectivity index is 1.57. The van der Waals surface area contributed by atoms with Gasteiger partial charge in [0.1, 0.15) is 0 Å². The Bertz CT molecular complexity index is 914. The van der Waals surface area contributed by atoms with Gasteiger partial charge in [-0.15, -0.1) is 0 Å². The molecule has 28 heavy (non-hydrogen) atoms. The predicted molar refractivity (Wildman–Crippen MR) is 97.8 cm³/mol. The highest BCUT2D eigenvalue weighted by atomic mass is 16.5. The largest absolute Gasteiger partial charge is 0.481 e. The number of carbonyl (C=O) groups is 2. The summed E-state index contributed by atoms with van der Waals surface area (Å²) >= 11 is 0. The van der Waals surface area contributed by atoms with E-state index in [9.17, 15) is 9.59 Å². The molecule has 9 heteroatoms. The molecule has 3 rings (SSSR count). The van der Waals surface area contributed by atoms with Gasteiger partial charge in [0.15, 0.2) is 0 Å². The summed E-state index contributed by atoms with van der Waals surface area (Å²) in [5.74, 6) is -0.217. The monoisotopic (exact) mass is 381 g/mol. The summed E-state index contributed by atoms with van der Waals surface area (Å²) in [7, 11) is 0. The zero-order valence-corrected chi connectivity index (χ0v) is 15.0. The number of aryl methyl sites for hydroxylation is 1. The number of nitrogens with one attached hydrogen (secondary N) is 1. The molecule has 0 saturated heterocycles. The molecule has 0 aliphatic carbocycles. The lowest BCUT2D eigenvalue weighted by Gasteiger charge is -2.18. The molecule has 3 aromatic rings. The van der Waals surface area contributed by atoms with Crippen molar-refractivity contribution in [3.05, 3.63) is 60.2 Å².